The number of anilines is 1. The lowest BCUT2D eigenvalue weighted by molar-refractivity contribution is -0.141. The maximum atomic E-state index is 13.4. The van der Waals surface area contributed by atoms with Crippen molar-refractivity contribution in [3.8, 4) is 11.1 Å². The van der Waals surface area contributed by atoms with Crippen LogP contribution in [0.2, 0.25) is 0 Å². The van der Waals surface area contributed by atoms with Crippen molar-refractivity contribution in [3.05, 3.63) is 77.6 Å². The van der Waals surface area contributed by atoms with E-state index in [1.54, 1.807) is 4.90 Å². The van der Waals surface area contributed by atoms with Crippen LogP contribution in [0.15, 0.2) is 60.8 Å². The van der Waals surface area contributed by atoms with Gasteiger partial charge in [0.1, 0.15) is 5.69 Å². The van der Waals surface area contributed by atoms with Crippen molar-refractivity contribution in [3.63, 3.8) is 0 Å². The number of piperidine rings is 1. The summed E-state index contributed by atoms with van der Waals surface area (Å²) >= 11 is 0. The van der Waals surface area contributed by atoms with Gasteiger partial charge in [-0.3, -0.25) is 4.79 Å². The summed E-state index contributed by atoms with van der Waals surface area (Å²) in [6.07, 6.45) is -2.01. The molecule has 1 aromatic heterocycles. The zero-order chi connectivity index (χ0) is 22.7. The number of benzene rings is 2. The fourth-order valence-corrected chi connectivity index (χ4v) is 3.95. The third-order valence-electron chi connectivity index (χ3n) is 5.47. The summed E-state index contributed by atoms with van der Waals surface area (Å²) in [6, 6.07) is 16.1. The number of aryl methyl sites for hydroxylation is 1. The van der Waals surface area contributed by atoms with Crippen molar-refractivity contribution in [2.45, 2.75) is 32.0 Å². The van der Waals surface area contributed by atoms with Gasteiger partial charge in [-0.25, -0.2) is 9.97 Å². The SMILES string of the molecule is Cc1cccc(-c2ccccc2C(=O)N2CCC[C@@H](Nc3nccc(C(F)(F)F)n3)C2)c1. The third-order valence-corrected chi connectivity index (χ3v) is 5.47. The number of alkyl halides is 3. The molecule has 3 aromatic rings. The van der Waals surface area contributed by atoms with Crippen LogP contribution in [0.25, 0.3) is 11.1 Å². The Kier molecular flexibility index (Phi) is 6.12. The highest BCUT2D eigenvalue weighted by atomic mass is 19.4. The number of carbonyl (C=O) groups excluding carboxylic acids is 1. The van der Waals surface area contributed by atoms with E-state index in [1.807, 2.05) is 55.5 Å². The average Bonchev–Trinajstić information content (AvgIpc) is 2.78. The molecule has 0 bridgehead atoms. The smallest absolute Gasteiger partial charge is 0.350 e. The van der Waals surface area contributed by atoms with Crippen LogP contribution < -0.4 is 5.32 Å². The molecule has 1 aliphatic rings. The van der Waals surface area contributed by atoms with Gasteiger partial charge in [-0.2, -0.15) is 13.2 Å². The lowest BCUT2D eigenvalue weighted by atomic mass is 9.96. The van der Waals surface area contributed by atoms with Gasteiger partial charge in [-0.15, -0.1) is 0 Å². The molecule has 1 fully saturated rings. The minimum absolute atomic E-state index is 0.0840. The standard InChI is InChI=1S/C24H23F3N4O/c1-16-6-4-7-17(14-16)19-9-2-3-10-20(19)22(32)31-13-5-8-18(15-31)29-23-28-12-11-21(30-23)24(25,26)27/h2-4,6-7,9-12,14,18H,5,8,13,15H2,1H3,(H,28,29,30)/t18-/m1/s1. The molecule has 1 aliphatic heterocycles. The van der Waals surface area contributed by atoms with E-state index in [2.05, 4.69) is 15.3 Å². The van der Waals surface area contributed by atoms with Crippen molar-refractivity contribution >= 4 is 11.9 Å². The highest BCUT2D eigenvalue weighted by Crippen LogP contribution is 2.29. The number of aromatic nitrogens is 2. The van der Waals surface area contributed by atoms with Gasteiger partial charge in [0.05, 0.1) is 0 Å². The summed E-state index contributed by atoms with van der Waals surface area (Å²) < 4.78 is 38.8. The van der Waals surface area contributed by atoms with Crippen molar-refractivity contribution in [2.75, 3.05) is 18.4 Å². The zero-order valence-electron chi connectivity index (χ0n) is 17.6. The Bertz CT molecular complexity index is 1120. The summed E-state index contributed by atoms with van der Waals surface area (Å²) in [5.74, 6) is -0.183. The molecule has 1 saturated heterocycles. The van der Waals surface area contributed by atoms with E-state index in [4.69, 9.17) is 0 Å². The number of likely N-dealkylation sites (tertiary alicyclic amines) is 1. The molecule has 5 nitrogen and oxygen atoms in total. The molecule has 1 N–H and O–H groups in total. The number of nitrogens with one attached hydrogen (secondary N) is 1. The van der Waals surface area contributed by atoms with E-state index >= 15 is 0 Å². The Morgan fingerprint density at radius 2 is 1.94 bits per heavy atom. The van der Waals surface area contributed by atoms with E-state index < -0.39 is 11.9 Å². The summed E-state index contributed by atoms with van der Waals surface area (Å²) in [5, 5.41) is 2.97. The molecule has 0 spiro atoms. The van der Waals surface area contributed by atoms with Crippen LogP contribution in [-0.2, 0) is 6.18 Å². The third kappa shape index (κ3) is 4.90. The fourth-order valence-electron chi connectivity index (χ4n) is 3.95. The van der Waals surface area contributed by atoms with Crippen LogP contribution in [0.1, 0.15) is 34.5 Å². The first-order valence-corrected chi connectivity index (χ1v) is 10.4. The van der Waals surface area contributed by atoms with Crippen molar-refractivity contribution in [1.82, 2.24) is 14.9 Å². The van der Waals surface area contributed by atoms with E-state index in [0.717, 1.165) is 35.4 Å². The quantitative estimate of drug-likeness (QED) is 0.607. The minimum atomic E-state index is -4.53. The number of amides is 1. The second-order valence-electron chi connectivity index (χ2n) is 7.91. The van der Waals surface area contributed by atoms with Crippen LogP contribution >= 0.6 is 0 Å². The number of hydrogen-bond donors (Lipinski definition) is 1. The molecule has 2 aromatic carbocycles. The Labute approximate surface area is 184 Å². The molecule has 0 saturated carbocycles. The highest BCUT2D eigenvalue weighted by Gasteiger charge is 2.33. The molecule has 0 unspecified atom stereocenters. The van der Waals surface area contributed by atoms with Gasteiger partial charge in [-0.1, -0.05) is 48.0 Å². The second-order valence-corrected chi connectivity index (χ2v) is 7.91. The number of carbonyl (C=O) groups is 1. The largest absolute Gasteiger partial charge is 0.433 e. The molecule has 0 aliphatic carbocycles. The first-order chi connectivity index (χ1) is 15.3. The van der Waals surface area contributed by atoms with E-state index in [0.29, 0.717) is 25.1 Å². The number of rotatable bonds is 4. The maximum absolute atomic E-state index is 13.4. The Morgan fingerprint density at radius 1 is 1.12 bits per heavy atom. The lowest BCUT2D eigenvalue weighted by Gasteiger charge is -2.33. The van der Waals surface area contributed by atoms with Gasteiger partial charge in [0, 0.05) is 30.9 Å². The van der Waals surface area contributed by atoms with E-state index in [1.165, 1.54) is 0 Å². The van der Waals surface area contributed by atoms with E-state index in [-0.39, 0.29) is 17.9 Å². The number of nitrogens with zero attached hydrogens (tertiary/aromatic N) is 3. The Morgan fingerprint density at radius 3 is 2.72 bits per heavy atom. The van der Waals surface area contributed by atoms with Crippen LogP contribution in [0.4, 0.5) is 19.1 Å². The maximum Gasteiger partial charge on any atom is 0.433 e. The van der Waals surface area contributed by atoms with Gasteiger partial charge in [0.2, 0.25) is 5.95 Å². The van der Waals surface area contributed by atoms with Crippen molar-refractivity contribution < 1.29 is 18.0 Å². The summed E-state index contributed by atoms with van der Waals surface area (Å²) in [5.41, 5.74) is 2.54. The van der Waals surface area contributed by atoms with Gasteiger partial charge in [-0.05, 0) is 43.0 Å². The molecular formula is C24H23F3N4O. The van der Waals surface area contributed by atoms with Crippen LogP contribution in [0, 0.1) is 6.92 Å². The monoisotopic (exact) mass is 440 g/mol. The van der Waals surface area contributed by atoms with Gasteiger partial charge >= 0.3 is 6.18 Å². The summed E-state index contributed by atoms with van der Waals surface area (Å²) in [6.45, 7) is 2.95. The number of halogens is 3. The summed E-state index contributed by atoms with van der Waals surface area (Å²) in [4.78, 5) is 22.6. The van der Waals surface area contributed by atoms with Gasteiger partial charge in [0.25, 0.3) is 5.91 Å². The van der Waals surface area contributed by atoms with Crippen LogP contribution in [0.3, 0.4) is 0 Å². The Balaban J connectivity index is 1.52. The zero-order valence-corrected chi connectivity index (χ0v) is 17.6. The predicted octanol–water partition coefficient (Wildman–Crippen LogP) is 5.19. The molecule has 4 rings (SSSR count). The average molecular weight is 440 g/mol. The van der Waals surface area contributed by atoms with Gasteiger partial charge < -0.3 is 10.2 Å². The Hall–Kier alpha value is -3.42. The highest BCUT2D eigenvalue weighted by molar-refractivity contribution is 6.01. The van der Waals surface area contributed by atoms with Gasteiger partial charge in [0.15, 0.2) is 0 Å². The number of hydrogen-bond acceptors (Lipinski definition) is 4. The molecule has 8 heteroatoms. The summed E-state index contributed by atoms with van der Waals surface area (Å²) in [7, 11) is 0. The second kappa shape index (κ2) is 8.98. The first-order valence-electron chi connectivity index (χ1n) is 10.4. The van der Waals surface area contributed by atoms with E-state index in [9.17, 15) is 18.0 Å². The molecule has 32 heavy (non-hydrogen) atoms. The molecule has 0 radical (unpaired) electrons. The lowest BCUT2D eigenvalue weighted by Crippen LogP contribution is -2.45. The predicted molar refractivity (Wildman–Crippen MR) is 116 cm³/mol. The molecule has 1 amide bonds. The van der Waals surface area contributed by atoms with Crippen molar-refractivity contribution in [1.29, 1.82) is 0 Å². The molecule has 166 valence electrons. The van der Waals surface area contributed by atoms with Crippen molar-refractivity contribution in [2.24, 2.45) is 0 Å². The normalized spacial score (nSPS) is 16.6. The molecular weight excluding hydrogens is 417 g/mol. The van der Waals surface area contributed by atoms with Crippen LogP contribution in [-0.4, -0.2) is 39.9 Å². The topological polar surface area (TPSA) is 58.1 Å². The first kappa shape index (κ1) is 21.8. The molecule has 1 atom stereocenters. The molecule has 2 heterocycles. The minimum Gasteiger partial charge on any atom is -0.350 e. The fraction of sp³-hybridized carbons (Fsp3) is 0.292. The van der Waals surface area contributed by atoms with Crippen LogP contribution in [0.5, 0.6) is 0 Å².